The summed E-state index contributed by atoms with van der Waals surface area (Å²) in [6.45, 7) is 0. The van der Waals surface area contributed by atoms with E-state index < -0.39 is 0 Å². The number of nitrogens with zero attached hydrogens (tertiary/aromatic N) is 3. The van der Waals surface area contributed by atoms with Gasteiger partial charge in [0.1, 0.15) is 22.3 Å². The van der Waals surface area contributed by atoms with Crippen molar-refractivity contribution >= 4 is 87.5 Å². The number of hydrogen-bond acceptors (Lipinski definition) is 3. The Kier molecular flexibility index (Phi) is 4.85. The number of fused-ring (bicyclic) bond motifs is 13. The van der Waals surface area contributed by atoms with Crippen molar-refractivity contribution in [2.24, 2.45) is 0 Å². The highest BCUT2D eigenvalue weighted by atomic mass is 16.3. The highest BCUT2D eigenvalue weighted by Gasteiger charge is 2.20. The Morgan fingerprint density at radius 1 is 0.417 bits per heavy atom. The quantitative estimate of drug-likeness (QED) is 0.195. The molecule has 0 unspecified atom stereocenters. The molecule has 0 amide bonds. The molecule has 11 rings (SSSR count). The van der Waals surface area contributed by atoms with Crippen LogP contribution in [0.4, 0.5) is 0 Å². The molecule has 0 aliphatic carbocycles. The Morgan fingerprint density at radius 2 is 1.00 bits per heavy atom. The van der Waals surface area contributed by atoms with E-state index in [-0.39, 0.29) is 0 Å². The molecule has 0 saturated carbocycles. The van der Waals surface area contributed by atoms with E-state index in [4.69, 9.17) is 8.83 Å². The van der Waals surface area contributed by atoms with Gasteiger partial charge in [-0.2, -0.15) is 5.26 Å². The SMILES string of the molecule is N#Cc1ccc2c(c1)c1ccccc1n2-c1ccc2oc3ccc(-n4c5ccccc5c5c6oc7ccccc7c6ccc54)cc3c2c1. The third kappa shape index (κ3) is 3.28. The average Bonchev–Trinajstić information content (AvgIpc) is 3.88. The minimum absolute atomic E-state index is 0.653. The molecule has 7 aromatic carbocycles. The van der Waals surface area contributed by atoms with Crippen LogP contribution in [0, 0.1) is 11.3 Å². The number of aromatic nitrogens is 2. The topological polar surface area (TPSA) is 59.9 Å². The van der Waals surface area contributed by atoms with Gasteiger partial charge in [-0.25, -0.2) is 0 Å². The van der Waals surface area contributed by atoms with E-state index in [1.807, 2.05) is 36.4 Å². The summed E-state index contributed by atoms with van der Waals surface area (Å²) in [5, 5.41) is 18.4. The molecule has 5 heteroatoms. The maximum absolute atomic E-state index is 9.60. The van der Waals surface area contributed by atoms with Gasteiger partial charge in [0.25, 0.3) is 0 Å². The van der Waals surface area contributed by atoms with Crippen LogP contribution in [-0.2, 0) is 0 Å². The zero-order chi connectivity index (χ0) is 31.5. The number of para-hydroxylation sites is 3. The predicted octanol–water partition coefficient (Wildman–Crippen LogP) is 11.6. The molecule has 222 valence electrons. The zero-order valence-corrected chi connectivity index (χ0v) is 25.4. The Hall–Kier alpha value is -6.77. The second-order valence-electron chi connectivity index (χ2n) is 12.4. The Labute approximate surface area is 272 Å². The van der Waals surface area contributed by atoms with Gasteiger partial charge in [-0.3, -0.25) is 0 Å². The van der Waals surface area contributed by atoms with E-state index in [1.165, 1.54) is 0 Å². The van der Waals surface area contributed by atoms with E-state index in [0.29, 0.717) is 5.56 Å². The number of nitriles is 1. The lowest BCUT2D eigenvalue weighted by Crippen LogP contribution is -1.94. The lowest BCUT2D eigenvalue weighted by molar-refractivity contribution is 0.668. The first-order chi connectivity index (χ1) is 23.7. The summed E-state index contributed by atoms with van der Waals surface area (Å²) in [6, 6.07) is 50.6. The van der Waals surface area contributed by atoms with Crippen molar-refractivity contribution in [3.63, 3.8) is 0 Å². The van der Waals surface area contributed by atoms with Gasteiger partial charge in [0.15, 0.2) is 0 Å². The van der Waals surface area contributed by atoms with Crippen molar-refractivity contribution in [2.75, 3.05) is 0 Å². The minimum Gasteiger partial charge on any atom is -0.456 e. The maximum Gasteiger partial charge on any atom is 0.145 e. The Morgan fingerprint density at radius 3 is 1.75 bits per heavy atom. The van der Waals surface area contributed by atoms with Crippen molar-refractivity contribution in [3.05, 3.63) is 145 Å². The van der Waals surface area contributed by atoms with Gasteiger partial charge in [-0.1, -0.05) is 54.6 Å². The van der Waals surface area contributed by atoms with Crippen LogP contribution in [0.1, 0.15) is 5.56 Å². The maximum atomic E-state index is 9.60. The predicted molar refractivity (Wildman–Crippen MR) is 194 cm³/mol. The van der Waals surface area contributed by atoms with Gasteiger partial charge in [0.05, 0.1) is 39.1 Å². The second kappa shape index (κ2) is 9.16. The summed E-state index contributed by atoms with van der Waals surface area (Å²) in [6.07, 6.45) is 0. The van der Waals surface area contributed by atoms with Gasteiger partial charge >= 0.3 is 0 Å². The Bertz CT molecular complexity index is 3200. The molecule has 0 saturated heterocycles. The van der Waals surface area contributed by atoms with Gasteiger partial charge in [-0.05, 0) is 84.9 Å². The molecule has 0 aliphatic heterocycles. The molecule has 48 heavy (non-hydrogen) atoms. The fourth-order valence-corrected chi connectivity index (χ4v) is 7.87. The normalized spacial score (nSPS) is 12.1. The fourth-order valence-electron chi connectivity index (χ4n) is 7.87. The number of rotatable bonds is 2. The first kappa shape index (κ1) is 25.4. The van der Waals surface area contributed by atoms with E-state index in [1.54, 1.807) is 0 Å². The molecule has 0 radical (unpaired) electrons. The summed E-state index contributed by atoms with van der Waals surface area (Å²) >= 11 is 0. The third-order valence-electron chi connectivity index (χ3n) is 9.93. The van der Waals surface area contributed by atoms with Crippen LogP contribution in [0.15, 0.2) is 148 Å². The molecular formula is C43H23N3O2. The minimum atomic E-state index is 0.653. The molecule has 0 bridgehead atoms. The van der Waals surface area contributed by atoms with Crippen LogP contribution < -0.4 is 0 Å². The lowest BCUT2D eigenvalue weighted by atomic mass is 10.1. The van der Waals surface area contributed by atoms with E-state index in [2.05, 4.69) is 118 Å². The van der Waals surface area contributed by atoms with Crippen molar-refractivity contribution < 1.29 is 8.83 Å². The molecule has 4 heterocycles. The average molecular weight is 614 g/mol. The number of furan rings is 2. The molecule has 0 aliphatic rings. The van der Waals surface area contributed by atoms with Crippen LogP contribution in [0.3, 0.4) is 0 Å². The smallest absolute Gasteiger partial charge is 0.145 e. The molecule has 11 aromatic rings. The van der Waals surface area contributed by atoms with Gasteiger partial charge in [0.2, 0.25) is 0 Å². The monoisotopic (exact) mass is 613 g/mol. The first-order valence-corrected chi connectivity index (χ1v) is 16.0. The first-order valence-electron chi connectivity index (χ1n) is 16.0. The standard InChI is InChI=1S/C43H23N3O2/c44-24-25-13-17-37-32(21-25)28-7-1-4-10-35(28)45(37)26-14-19-40-33(22-26)34-23-27(15-20-41(34)47-40)46-36-11-5-2-9-31(36)42-38(46)18-16-30-29-8-3-6-12-39(29)48-43(30)42/h1-23H. The van der Waals surface area contributed by atoms with Crippen LogP contribution in [0.25, 0.3) is 98.9 Å². The van der Waals surface area contributed by atoms with Gasteiger partial charge < -0.3 is 18.0 Å². The summed E-state index contributed by atoms with van der Waals surface area (Å²) in [5.41, 5.74) is 10.6. The van der Waals surface area contributed by atoms with E-state index in [0.717, 1.165) is 98.9 Å². The highest BCUT2D eigenvalue weighted by molar-refractivity contribution is 6.24. The van der Waals surface area contributed by atoms with E-state index in [9.17, 15) is 5.26 Å². The molecule has 0 spiro atoms. The zero-order valence-electron chi connectivity index (χ0n) is 25.4. The summed E-state index contributed by atoms with van der Waals surface area (Å²) in [4.78, 5) is 0. The second-order valence-corrected chi connectivity index (χ2v) is 12.4. The summed E-state index contributed by atoms with van der Waals surface area (Å²) in [7, 11) is 0. The third-order valence-corrected chi connectivity index (χ3v) is 9.93. The fraction of sp³-hybridized carbons (Fsp3) is 0. The van der Waals surface area contributed by atoms with Crippen molar-refractivity contribution in [2.45, 2.75) is 0 Å². The van der Waals surface area contributed by atoms with Crippen molar-refractivity contribution in [1.82, 2.24) is 9.13 Å². The Balaban J connectivity index is 1.17. The van der Waals surface area contributed by atoms with Crippen LogP contribution in [0.2, 0.25) is 0 Å². The highest BCUT2D eigenvalue weighted by Crippen LogP contribution is 2.42. The van der Waals surface area contributed by atoms with Gasteiger partial charge in [0, 0.05) is 49.1 Å². The summed E-state index contributed by atoms with van der Waals surface area (Å²) < 4.78 is 17.5. The molecular weight excluding hydrogens is 590 g/mol. The summed E-state index contributed by atoms with van der Waals surface area (Å²) in [5.74, 6) is 0. The van der Waals surface area contributed by atoms with Crippen molar-refractivity contribution in [1.29, 1.82) is 5.26 Å². The molecule has 0 N–H and O–H groups in total. The molecule has 5 nitrogen and oxygen atoms in total. The molecule has 0 atom stereocenters. The largest absolute Gasteiger partial charge is 0.456 e. The number of hydrogen-bond donors (Lipinski definition) is 0. The van der Waals surface area contributed by atoms with Crippen LogP contribution in [0.5, 0.6) is 0 Å². The van der Waals surface area contributed by atoms with Crippen LogP contribution >= 0.6 is 0 Å². The molecule has 4 aromatic heterocycles. The number of benzene rings is 7. The molecule has 0 fully saturated rings. The lowest BCUT2D eigenvalue weighted by Gasteiger charge is -2.09. The van der Waals surface area contributed by atoms with E-state index >= 15 is 0 Å². The van der Waals surface area contributed by atoms with Crippen LogP contribution in [-0.4, -0.2) is 9.13 Å². The van der Waals surface area contributed by atoms with Crippen molar-refractivity contribution in [3.8, 4) is 17.4 Å². The van der Waals surface area contributed by atoms with Gasteiger partial charge in [-0.15, -0.1) is 0 Å².